The summed E-state index contributed by atoms with van der Waals surface area (Å²) in [6.45, 7) is 0.603. The molecule has 3 N–H and O–H groups in total. The number of rotatable bonds is 7. The van der Waals surface area contributed by atoms with Crippen LogP contribution < -0.4 is 15.4 Å². The third-order valence-corrected chi connectivity index (χ3v) is 4.09. The van der Waals surface area contributed by atoms with Gasteiger partial charge in [0.25, 0.3) is 11.6 Å². The van der Waals surface area contributed by atoms with Crippen LogP contribution in [-0.4, -0.2) is 41.4 Å². The molecule has 0 heterocycles. The minimum atomic E-state index is -0.614. The number of hydrogen-bond donors (Lipinski definition) is 3. The van der Waals surface area contributed by atoms with Crippen LogP contribution in [0.3, 0.4) is 0 Å². The fraction of sp³-hybridized carbons (Fsp3) is 0.176. The highest BCUT2D eigenvalue weighted by Gasteiger charge is 2.16. The number of nitro benzene ring substituents is 1. The molecule has 0 atom stereocenters. The lowest BCUT2D eigenvalue weighted by Crippen LogP contribution is -2.34. The summed E-state index contributed by atoms with van der Waals surface area (Å²) in [6, 6.07) is 8.31. The molecular weight excluding hydrogens is 454 g/mol. The van der Waals surface area contributed by atoms with E-state index in [1.54, 1.807) is 18.2 Å². The van der Waals surface area contributed by atoms with Gasteiger partial charge in [-0.1, -0.05) is 15.9 Å². The largest absolute Gasteiger partial charge is 0.506 e. The van der Waals surface area contributed by atoms with Gasteiger partial charge in [-0.2, -0.15) is 0 Å². The van der Waals surface area contributed by atoms with Gasteiger partial charge in [-0.05, 0) is 36.5 Å². The lowest BCUT2D eigenvalue weighted by Gasteiger charge is -2.14. The summed E-state index contributed by atoms with van der Waals surface area (Å²) in [7, 11) is 1.53. The number of anilines is 1. The second-order valence-electron chi connectivity index (χ2n) is 5.35. The third kappa shape index (κ3) is 5.87. The smallest absolute Gasteiger partial charge is 0.271 e. The number of nitrogens with zero attached hydrogens (tertiary/aromatic N) is 1. The van der Waals surface area contributed by atoms with Gasteiger partial charge in [-0.3, -0.25) is 20.2 Å². The predicted octanol–water partition coefficient (Wildman–Crippen LogP) is 3.21. The highest BCUT2D eigenvalue weighted by molar-refractivity contribution is 9.10. The van der Waals surface area contributed by atoms with Crippen molar-refractivity contribution in [1.29, 1.82) is 0 Å². The van der Waals surface area contributed by atoms with Gasteiger partial charge in [-0.25, -0.2) is 0 Å². The Kier molecular flexibility index (Phi) is 7.67. The Morgan fingerprint density at radius 3 is 2.71 bits per heavy atom. The first-order valence-electron chi connectivity index (χ1n) is 7.83. The second kappa shape index (κ2) is 9.97. The van der Waals surface area contributed by atoms with Crippen molar-refractivity contribution in [2.45, 2.75) is 0 Å². The molecule has 148 valence electrons. The van der Waals surface area contributed by atoms with E-state index in [4.69, 9.17) is 21.7 Å². The molecule has 2 aromatic carbocycles. The number of benzene rings is 2. The van der Waals surface area contributed by atoms with Crippen LogP contribution in [0.5, 0.6) is 11.5 Å². The van der Waals surface area contributed by atoms with E-state index in [0.29, 0.717) is 16.8 Å². The van der Waals surface area contributed by atoms with Gasteiger partial charge in [0.2, 0.25) is 0 Å². The molecule has 0 aliphatic heterocycles. The number of carbonyl (C=O) groups excluding carboxylic acids is 1. The van der Waals surface area contributed by atoms with Crippen LogP contribution in [0.15, 0.2) is 40.9 Å². The number of nitro groups is 1. The van der Waals surface area contributed by atoms with Crippen molar-refractivity contribution in [2.75, 3.05) is 25.6 Å². The molecule has 0 saturated carbocycles. The number of methoxy groups -OCH3 is 1. The minimum absolute atomic E-state index is 0.00897. The maximum absolute atomic E-state index is 12.6. The topological polar surface area (TPSA) is 123 Å². The lowest BCUT2D eigenvalue weighted by molar-refractivity contribution is -0.384. The summed E-state index contributed by atoms with van der Waals surface area (Å²) in [5.74, 6) is -0.483. The van der Waals surface area contributed by atoms with Gasteiger partial charge >= 0.3 is 0 Å². The molecule has 0 saturated heterocycles. The number of amides is 1. The summed E-state index contributed by atoms with van der Waals surface area (Å²) in [4.78, 5) is 22.8. The Bertz CT molecular complexity index is 908. The van der Waals surface area contributed by atoms with E-state index < -0.39 is 10.8 Å². The van der Waals surface area contributed by atoms with Gasteiger partial charge in [0.05, 0.1) is 22.8 Å². The third-order valence-electron chi connectivity index (χ3n) is 3.40. The molecular formula is C17H16BrN3O6S. The van der Waals surface area contributed by atoms with Crippen LogP contribution in [0.25, 0.3) is 0 Å². The maximum Gasteiger partial charge on any atom is 0.271 e. The molecule has 2 rings (SSSR count). The zero-order valence-electron chi connectivity index (χ0n) is 14.6. The van der Waals surface area contributed by atoms with Crippen molar-refractivity contribution in [3.05, 3.63) is 56.5 Å². The molecule has 1 amide bonds. The van der Waals surface area contributed by atoms with E-state index >= 15 is 0 Å². The summed E-state index contributed by atoms with van der Waals surface area (Å²) in [6.07, 6.45) is 0. The Morgan fingerprint density at radius 1 is 1.29 bits per heavy atom. The number of phenolic OH excluding ortho intramolecular Hbond substituents is 1. The number of halogens is 1. The number of hydrogen-bond acceptors (Lipinski definition) is 7. The van der Waals surface area contributed by atoms with Gasteiger partial charge in [-0.15, -0.1) is 0 Å². The average molecular weight is 470 g/mol. The summed E-state index contributed by atoms with van der Waals surface area (Å²) < 4.78 is 11.1. The van der Waals surface area contributed by atoms with Gasteiger partial charge in [0, 0.05) is 23.7 Å². The molecule has 0 aliphatic carbocycles. The number of phenols is 1. The maximum atomic E-state index is 12.6. The Balaban J connectivity index is 2.12. The molecule has 0 bridgehead atoms. The first-order valence-corrected chi connectivity index (χ1v) is 9.03. The number of thiocarbonyl (C=S) groups is 1. The number of ether oxygens (including phenoxy) is 2. The Hall–Kier alpha value is -2.76. The molecule has 0 fully saturated rings. The van der Waals surface area contributed by atoms with E-state index in [-0.39, 0.29) is 34.4 Å². The molecule has 11 heteroatoms. The van der Waals surface area contributed by atoms with Crippen molar-refractivity contribution in [1.82, 2.24) is 5.32 Å². The van der Waals surface area contributed by atoms with Crippen molar-refractivity contribution in [3.63, 3.8) is 0 Å². The van der Waals surface area contributed by atoms with Crippen LogP contribution in [0.1, 0.15) is 10.4 Å². The Morgan fingerprint density at radius 2 is 2.04 bits per heavy atom. The van der Waals surface area contributed by atoms with Gasteiger partial charge in [0.15, 0.2) is 5.11 Å². The molecule has 0 aliphatic rings. The minimum Gasteiger partial charge on any atom is -0.506 e. The predicted molar refractivity (Wildman–Crippen MR) is 110 cm³/mol. The van der Waals surface area contributed by atoms with E-state index in [0.717, 1.165) is 18.2 Å². The average Bonchev–Trinajstić information content (AvgIpc) is 2.64. The monoisotopic (exact) mass is 469 g/mol. The van der Waals surface area contributed by atoms with Crippen LogP contribution in [0.4, 0.5) is 11.4 Å². The van der Waals surface area contributed by atoms with Crippen LogP contribution in [-0.2, 0) is 4.74 Å². The quantitative estimate of drug-likeness (QED) is 0.185. The summed E-state index contributed by atoms with van der Waals surface area (Å²) in [5.41, 5.74) is -0.0292. The standard InChI is InChI=1S/C17H16BrN3O6S/c1-26-6-7-27-15-5-2-10(18)8-12(15)16(23)20-17(28)19-13-9-11(21(24)25)3-4-14(13)22/h2-5,8-9,22H,6-7H2,1H3,(H2,19,20,23,28). The van der Waals surface area contributed by atoms with Crippen molar-refractivity contribution in [3.8, 4) is 11.5 Å². The molecule has 0 aromatic heterocycles. The molecule has 28 heavy (non-hydrogen) atoms. The fourth-order valence-corrected chi connectivity index (χ4v) is 2.67. The van der Waals surface area contributed by atoms with Crippen LogP contribution in [0.2, 0.25) is 0 Å². The molecule has 2 aromatic rings. The van der Waals surface area contributed by atoms with E-state index in [1.807, 2.05) is 0 Å². The van der Waals surface area contributed by atoms with Crippen LogP contribution >= 0.6 is 28.1 Å². The highest BCUT2D eigenvalue weighted by atomic mass is 79.9. The lowest BCUT2D eigenvalue weighted by atomic mass is 10.2. The Labute approximate surface area is 173 Å². The number of carbonyl (C=O) groups is 1. The van der Waals surface area contributed by atoms with Gasteiger partial charge < -0.3 is 19.9 Å². The first kappa shape index (κ1) is 21.5. The van der Waals surface area contributed by atoms with Crippen molar-refractivity contribution >= 4 is 50.5 Å². The zero-order valence-corrected chi connectivity index (χ0v) is 17.0. The molecule has 9 nitrogen and oxygen atoms in total. The summed E-state index contributed by atoms with van der Waals surface area (Å²) >= 11 is 8.36. The molecule has 0 unspecified atom stereocenters. The highest BCUT2D eigenvalue weighted by Crippen LogP contribution is 2.28. The van der Waals surface area contributed by atoms with Crippen LogP contribution in [0, 0.1) is 10.1 Å². The summed E-state index contributed by atoms with van der Waals surface area (Å²) in [5, 5.41) is 25.5. The second-order valence-corrected chi connectivity index (χ2v) is 6.67. The molecule has 0 spiro atoms. The van der Waals surface area contributed by atoms with Crippen molar-refractivity contribution in [2.24, 2.45) is 0 Å². The first-order chi connectivity index (χ1) is 13.3. The number of aromatic hydroxyl groups is 1. The SMILES string of the molecule is COCCOc1ccc(Br)cc1C(=O)NC(=S)Nc1cc([N+](=O)[O-])ccc1O. The van der Waals surface area contributed by atoms with Crippen molar-refractivity contribution < 1.29 is 24.3 Å². The van der Waals surface area contributed by atoms with E-state index in [9.17, 15) is 20.0 Å². The molecule has 0 radical (unpaired) electrons. The van der Waals surface area contributed by atoms with Gasteiger partial charge in [0.1, 0.15) is 18.1 Å². The zero-order chi connectivity index (χ0) is 20.7. The number of non-ortho nitro benzene ring substituents is 1. The fourth-order valence-electron chi connectivity index (χ4n) is 2.10. The number of nitrogens with one attached hydrogen (secondary N) is 2. The van der Waals surface area contributed by atoms with E-state index in [2.05, 4.69) is 26.6 Å². The van der Waals surface area contributed by atoms with E-state index in [1.165, 1.54) is 7.11 Å². The normalized spacial score (nSPS) is 10.2.